The number of Topliss-reactive ketones (excluding diaryl/α,β-unsaturated/α-hetero) is 1. The highest BCUT2D eigenvalue weighted by Crippen LogP contribution is 2.67. The minimum absolute atomic E-state index is 0.131. The van der Waals surface area contributed by atoms with Gasteiger partial charge in [0.05, 0.1) is 6.10 Å². The number of alkyl halides is 1. The van der Waals surface area contributed by atoms with Gasteiger partial charge in [-0.25, -0.2) is 4.39 Å². The van der Waals surface area contributed by atoms with Gasteiger partial charge in [-0.1, -0.05) is 19.9 Å². The smallest absolute Gasteiger partial charge is 0.190 e. The number of fused-ring (bicyclic) bond motifs is 5. The van der Waals surface area contributed by atoms with Gasteiger partial charge in [-0.2, -0.15) is 0 Å². The number of ketones is 2. The molecule has 148 valence electrons. The van der Waals surface area contributed by atoms with E-state index in [4.69, 9.17) is 0 Å². The van der Waals surface area contributed by atoms with Crippen molar-refractivity contribution >= 4 is 11.6 Å². The minimum atomic E-state index is -1.69. The summed E-state index contributed by atoms with van der Waals surface area (Å²) in [6.45, 7) is 2.92. The second-order valence-corrected chi connectivity index (χ2v) is 9.29. The second kappa shape index (κ2) is 5.82. The summed E-state index contributed by atoms with van der Waals surface area (Å²) in [6, 6.07) is 0. The quantitative estimate of drug-likeness (QED) is 0.677. The van der Waals surface area contributed by atoms with Gasteiger partial charge in [-0.3, -0.25) is 9.59 Å². The summed E-state index contributed by atoms with van der Waals surface area (Å²) < 4.78 is 15.1. The van der Waals surface area contributed by atoms with Crippen molar-refractivity contribution in [3.05, 3.63) is 23.8 Å². The normalized spacial score (nSPS) is 51.3. The van der Waals surface area contributed by atoms with Gasteiger partial charge in [0.25, 0.3) is 0 Å². The van der Waals surface area contributed by atoms with Crippen molar-refractivity contribution in [2.24, 2.45) is 28.6 Å². The Morgan fingerprint density at radius 3 is 2.74 bits per heavy atom. The fourth-order valence-corrected chi connectivity index (χ4v) is 6.93. The van der Waals surface area contributed by atoms with Crippen molar-refractivity contribution in [3.63, 3.8) is 0 Å². The van der Waals surface area contributed by atoms with Crippen LogP contribution < -0.4 is 0 Å². The average molecular weight is 378 g/mol. The average Bonchev–Trinajstić information content (AvgIpc) is 2.87. The van der Waals surface area contributed by atoms with Gasteiger partial charge in [0.2, 0.25) is 0 Å². The molecule has 0 spiro atoms. The SMILES string of the molecule is C[C@]12C=CC(=O)C=C1[C@@H](F)C[C@@H]1[C@@H]2[C@H](O)C[C@@]2(C)[C@H]1CC[C@@]2(O)C(=O)CO. The molecule has 4 rings (SSSR count). The molecule has 0 amide bonds. The molecule has 0 aliphatic heterocycles. The van der Waals surface area contributed by atoms with Crippen LogP contribution in [0, 0.1) is 28.6 Å². The Morgan fingerprint density at radius 2 is 2.07 bits per heavy atom. The first kappa shape index (κ1) is 19.0. The molecular weight excluding hydrogens is 351 g/mol. The molecule has 0 aromatic heterocycles. The largest absolute Gasteiger partial charge is 0.393 e. The zero-order chi connectivity index (χ0) is 19.8. The molecule has 6 heteroatoms. The highest BCUT2D eigenvalue weighted by Gasteiger charge is 2.68. The summed E-state index contributed by atoms with van der Waals surface area (Å²) in [5.41, 5.74) is -2.92. The van der Waals surface area contributed by atoms with Crippen molar-refractivity contribution in [2.45, 2.75) is 57.4 Å². The summed E-state index contributed by atoms with van der Waals surface area (Å²) in [7, 11) is 0. The standard InChI is InChI=1S/C21H27FO5/c1-19-5-3-11(24)7-14(19)15(22)8-12-13-4-6-21(27,17(26)10-23)20(13,2)9-16(25)18(12)19/h3,5,7,12-13,15-16,18,23,25,27H,4,6,8-10H2,1-2H3/t12-,13-,15-,16+,18+,19-,20-,21+/m0/s1. The van der Waals surface area contributed by atoms with Gasteiger partial charge in [-0.05, 0) is 55.2 Å². The van der Waals surface area contributed by atoms with E-state index < -0.39 is 41.1 Å². The van der Waals surface area contributed by atoms with Gasteiger partial charge in [0.1, 0.15) is 18.4 Å². The number of halogens is 1. The van der Waals surface area contributed by atoms with Crippen molar-refractivity contribution < 1.29 is 29.3 Å². The highest BCUT2D eigenvalue weighted by atomic mass is 19.1. The number of aliphatic hydroxyl groups is 3. The fourth-order valence-electron chi connectivity index (χ4n) is 6.93. The Kier molecular flexibility index (Phi) is 4.09. The van der Waals surface area contributed by atoms with Crippen molar-refractivity contribution in [3.8, 4) is 0 Å². The molecule has 0 aromatic carbocycles. The zero-order valence-corrected chi connectivity index (χ0v) is 15.7. The molecule has 27 heavy (non-hydrogen) atoms. The number of aliphatic hydroxyl groups excluding tert-OH is 2. The number of carbonyl (C=O) groups is 2. The molecule has 0 radical (unpaired) electrons. The van der Waals surface area contributed by atoms with E-state index in [1.165, 1.54) is 12.2 Å². The van der Waals surface area contributed by atoms with Crippen LogP contribution >= 0.6 is 0 Å². The maximum atomic E-state index is 15.1. The van der Waals surface area contributed by atoms with Crippen LogP contribution in [0.1, 0.15) is 39.5 Å². The van der Waals surface area contributed by atoms with Crippen LogP contribution in [0.2, 0.25) is 0 Å². The lowest BCUT2D eigenvalue weighted by Crippen LogP contribution is -2.62. The van der Waals surface area contributed by atoms with Crippen molar-refractivity contribution in [1.29, 1.82) is 0 Å². The summed E-state index contributed by atoms with van der Waals surface area (Å²) in [5.74, 6) is -1.48. The molecule has 4 aliphatic rings. The Labute approximate surface area is 158 Å². The van der Waals surface area contributed by atoms with Gasteiger partial charge in [0, 0.05) is 16.7 Å². The van der Waals surface area contributed by atoms with E-state index in [2.05, 4.69) is 0 Å². The molecule has 3 saturated carbocycles. The van der Waals surface area contributed by atoms with E-state index >= 15 is 4.39 Å². The lowest BCUT2D eigenvalue weighted by Gasteiger charge is -2.60. The van der Waals surface area contributed by atoms with Crippen molar-refractivity contribution in [1.82, 2.24) is 0 Å². The summed E-state index contributed by atoms with van der Waals surface area (Å²) in [6.07, 6.45) is 3.55. The summed E-state index contributed by atoms with van der Waals surface area (Å²) >= 11 is 0. The molecule has 0 saturated heterocycles. The number of rotatable bonds is 2. The molecule has 0 unspecified atom stereocenters. The minimum Gasteiger partial charge on any atom is -0.393 e. The fraction of sp³-hybridized carbons (Fsp3) is 0.714. The first-order valence-corrected chi connectivity index (χ1v) is 9.72. The van der Waals surface area contributed by atoms with Crippen LogP contribution in [0.25, 0.3) is 0 Å². The molecule has 4 aliphatic carbocycles. The van der Waals surface area contributed by atoms with Gasteiger partial charge in [0.15, 0.2) is 11.6 Å². The predicted octanol–water partition coefficient (Wildman–Crippen LogP) is 1.51. The number of allylic oxidation sites excluding steroid dienone is 4. The Bertz CT molecular complexity index is 760. The summed E-state index contributed by atoms with van der Waals surface area (Å²) in [5, 5.41) is 31.6. The second-order valence-electron chi connectivity index (χ2n) is 9.29. The van der Waals surface area contributed by atoms with Crippen LogP contribution in [0.4, 0.5) is 4.39 Å². The van der Waals surface area contributed by atoms with Crippen LogP contribution in [0.5, 0.6) is 0 Å². The highest BCUT2D eigenvalue weighted by molar-refractivity contribution is 6.01. The third-order valence-electron chi connectivity index (χ3n) is 8.23. The first-order valence-electron chi connectivity index (χ1n) is 9.72. The Hall–Kier alpha value is -1.37. The number of hydrogen-bond donors (Lipinski definition) is 3. The third kappa shape index (κ3) is 2.26. The number of hydrogen-bond acceptors (Lipinski definition) is 5. The van der Waals surface area contributed by atoms with E-state index in [-0.39, 0.29) is 42.8 Å². The first-order chi connectivity index (χ1) is 12.6. The van der Waals surface area contributed by atoms with E-state index in [0.717, 1.165) is 0 Å². The molecule has 5 nitrogen and oxygen atoms in total. The monoisotopic (exact) mass is 378 g/mol. The zero-order valence-electron chi connectivity index (χ0n) is 15.7. The lowest BCUT2D eigenvalue weighted by atomic mass is 9.46. The summed E-state index contributed by atoms with van der Waals surface area (Å²) in [4.78, 5) is 24.1. The van der Waals surface area contributed by atoms with E-state index in [1.807, 2.05) is 6.92 Å². The van der Waals surface area contributed by atoms with Crippen LogP contribution in [-0.4, -0.2) is 51.4 Å². The van der Waals surface area contributed by atoms with Gasteiger partial charge in [-0.15, -0.1) is 0 Å². The molecule has 3 N–H and O–H groups in total. The maximum absolute atomic E-state index is 15.1. The van der Waals surface area contributed by atoms with Gasteiger partial charge < -0.3 is 15.3 Å². The third-order valence-corrected chi connectivity index (χ3v) is 8.23. The maximum Gasteiger partial charge on any atom is 0.190 e. The van der Waals surface area contributed by atoms with E-state index in [1.54, 1.807) is 13.0 Å². The van der Waals surface area contributed by atoms with E-state index in [0.29, 0.717) is 12.0 Å². The molecule has 8 atom stereocenters. The van der Waals surface area contributed by atoms with Gasteiger partial charge >= 0.3 is 0 Å². The van der Waals surface area contributed by atoms with Crippen LogP contribution in [0.15, 0.2) is 23.8 Å². The molecule has 3 fully saturated rings. The number of carbonyl (C=O) groups excluding carboxylic acids is 2. The molecule has 0 aromatic rings. The van der Waals surface area contributed by atoms with Crippen molar-refractivity contribution in [2.75, 3.05) is 6.61 Å². The predicted molar refractivity (Wildman–Crippen MR) is 95.3 cm³/mol. The topological polar surface area (TPSA) is 94.8 Å². The molecule has 0 bridgehead atoms. The Morgan fingerprint density at radius 1 is 1.37 bits per heavy atom. The lowest BCUT2D eigenvalue weighted by molar-refractivity contribution is -0.180. The van der Waals surface area contributed by atoms with Crippen LogP contribution in [-0.2, 0) is 9.59 Å². The van der Waals surface area contributed by atoms with Crippen LogP contribution in [0.3, 0.4) is 0 Å². The van der Waals surface area contributed by atoms with E-state index in [9.17, 15) is 24.9 Å². The molecule has 0 heterocycles. The molecular formula is C21H27FO5. The Balaban J connectivity index is 1.78.